The fourth-order valence-electron chi connectivity index (χ4n) is 3.07. The Balaban J connectivity index is 2.03. The molecule has 0 fully saturated rings. The maximum atomic E-state index is 14.2. The van der Waals surface area contributed by atoms with Crippen molar-refractivity contribution in [1.29, 1.82) is 0 Å². The Labute approximate surface area is 193 Å². The van der Waals surface area contributed by atoms with Crippen LogP contribution in [0.15, 0.2) is 47.4 Å². The van der Waals surface area contributed by atoms with Crippen molar-refractivity contribution in [2.45, 2.75) is 32.2 Å². The summed E-state index contributed by atoms with van der Waals surface area (Å²) in [5.41, 5.74) is 0.703. The molecule has 0 aliphatic carbocycles. The molecule has 0 saturated carbocycles. The van der Waals surface area contributed by atoms with Crippen LogP contribution in [0.4, 0.5) is 4.39 Å². The van der Waals surface area contributed by atoms with Crippen LogP contribution in [0, 0.1) is 5.82 Å². The van der Waals surface area contributed by atoms with E-state index in [1.807, 2.05) is 19.1 Å². The standard InChI is InChI=1S/C23H29FN2O6S/c1-5-26(6-2)33(29,30)21-14-18(10-13-20(21)24)23(28)32-16-22(27)25(4)15-17-8-11-19(12-9-17)31-7-3/h8-14H,5-7,15-16H2,1-4H3. The zero-order chi connectivity index (χ0) is 24.6. The van der Waals surface area contributed by atoms with E-state index in [0.717, 1.165) is 33.8 Å². The number of rotatable bonds is 11. The zero-order valence-corrected chi connectivity index (χ0v) is 20.0. The lowest BCUT2D eigenvalue weighted by molar-refractivity contribution is -0.133. The van der Waals surface area contributed by atoms with Crippen molar-refractivity contribution in [2.75, 3.05) is 33.4 Å². The number of benzene rings is 2. The van der Waals surface area contributed by atoms with Crippen LogP contribution >= 0.6 is 0 Å². The van der Waals surface area contributed by atoms with Gasteiger partial charge in [-0.3, -0.25) is 4.79 Å². The fourth-order valence-corrected chi connectivity index (χ4v) is 4.62. The first-order valence-corrected chi connectivity index (χ1v) is 12.0. The highest BCUT2D eigenvalue weighted by Crippen LogP contribution is 2.21. The van der Waals surface area contributed by atoms with Gasteiger partial charge in [0.15, 0.2) is 6.61 Å². The van der Waals surface area contributed by atoms with Gasteiger partial charge in [-0.1, -0.05) is 26.0 Å². The molecule has 8 nitrogen and oxygen atoms in total. The van der Waals surface area contributed by atoms with Gasteiger partial charge in [0.25, 0.3) is 5.91 Å². The number of carbonyl (C=O) groups excluding carboxylic acids is 2. The van der Waals surface area contributed by atoms with Crippen molar-refractivity contribution in [3.05, 3.63) is 59.4 Å². The van der Waals surface area contributed by atoms with Gasteiger partial charge in [0, 0.05) is 26.7 Å². The highest BCUT2D eigenvalue weighted by atomic mass is 32.2. The van der Waals surface area contributed by atoms with E-state index in [-0.39, 0.29) is 18.7 Å². The van der Waals surface area contributed by atoms with E-state index in [4.69, 9.17) is 9.47 Å². The minimum Gasteiger partial charge on any atom is -0.494 e. The number of sulfonamides is 1. The molecule has 33 heavy (non-hydrogen) atoms. The van der Waals surface area contributed by atoms with Crippen LogP contribution in [0.5, 0.6) is 5.75 Å². The first kappa shape index (κ1) is 26.3. The van der Waals surface area contributed by atoms with E-state index in [9.17, 15) is 22.4 Å². The van der Waals surface area contributed by atoms with Gasteiger partial charge in [0.1, 0.15) is 16.5 Å². The van der Waals surface area contributed by atoms with E-state index in [0.29, 0.717) is 13.2 Å². The number of hydrogen-bond donors (Lipinski definition) is 0. The summed E-state index contributed by atoms with van der Waals surface area (Å²) in [5, 5.41) is 0. The lowest BCUT2D eigenvalue weighted by atomic mass is 10.2. The molecule has 0 spiro atoms. The third kappa shape index (κ3) is 6.75. The fraction of sp³-hybridized carbons (Fsp3) is 0.391. The lowest BCUT2D eigenvalue weighted by Crippen LogP contribution is -2.32. The summed E-state index contributed by atoms with van der Waals surface area (Å²) < 4.78 is 51.0. The number of halogens is 1. The molecule has 0 N–H and O–H groups in total. The Morgan fingerprint density at radius 2 is 1.64 bits per heavy atom. The maximum absolute atomic E-state index is 14.2. The second kappa shape index (κ2) is 11.8. The Bertz CT molecular complexity index is 1070. The van der Waals surface area contributed by atoms with E-state index in [1.165, 1.54) is 4.90 Å². The zero-order valence-electron chi connectivity index (χ0n) is 19.2. The molecule has 0 aliphatic rings. The molecular formula is C23H29FN2O6S. The number of hydrogen-bond acceptors (Lipinski definition) is 6. The van der Waals surface area contributed by atoms with E-state index >= 15 is 0 Å². The molecule has 2 rings (SSSR count). The van der Waals surface area contributed by atoms with Crippen molar-refractivity contribution in [1.82, 2.24) is 9.21 Å². The van der Waals surface area contributed by atoms with Crippen molar-refractivity contribution in [2.24, 2.45) is 0 Å². The Hall–Kier alpha value is -2.98. The topological polar surface area (TPSA) is 93.2 Å². The molecular weight excluding hydrogens is 451 g/mol. The van der Waals surface area contributed by atoms with Gasteiger partial charge in [-0.25, -0.2) is 17.6 Å². The summed E-state index contributed by atoms with van der Waals surface area (Å²) in [4.78, 5) is 25.5. The maximum Gasteiger partial charge on any atom is 0.338 e. The molecule has 0 radical (unpaired) electrons. The largest absolute Gasteiger partial charge is 0.494 e. The minimum atomic E-state index is -4.11. The van der Waals surface area contributed by atoms with E-state index < -0.39 is 39.2 Å². The van der Waals surface area contributed by atoms with Crippen LogP contribution in [0.3, 0.4) is 0 Å². The Morgan fingerprint density at radius 3 is 2.21 bits per heavy atom. The summed E-state index contributed by atoms with van der Waals surface area (Å²) >= 11 is 0. The highest BCUT2D eigenvalue weighted by molar-refractivity contribution is 7.89. The molecule has 0 saturated heterocycles. The first-order chi connectivity index (χ1) is 15.6. The average Bonchev–Trinajstić information content (AvgIpc) is 2.79. The first-order valence-electron chi connectivity index (χ1n) is 10.6. The van der Waals surface area contributed by atoms with Crippen molar-refractivity contribution in [3.8, 4) is 5.75 Å². The Morgan fingerprint density at radius 1 is 1.00 bits per heavy atom. The SMILES string of the molecule is CCOc1ccc(CN(C)C(=O)COC(=O)c2ccc(F)c(S(=O)(=O)N(CC)CC)c2)cc1. The lowest BCUT2D eigenvalue weighted by Gasteiger charge is -2.19. The van der Waals surface area contributed by atoms with E-state index in [2.05, 4.69) is 0 Å². The predicted octanol–water partition coefficient (Wildman–Crippen LogP) is 3.07. The monoisotopic (exact) mass is 480 g/mol. The third-order valence-corrected chi connectivity index (χ3v) is 6.96. The van der Waals surface area contributed by atoms with Gasteiger partial charge >= 0.3 is 5.97 Å². The smallest absolute Gasteiger partial charge is 0.338 e. The molecule has 0 atom stereocenters. The molecule has 0 aromatic heterocycles. The molecule has 2 aromatic carbocycles. The van der Waals surface area contributed by atoms with E-state index in [1.54, 1.807) is 33.0 Å². The average molecular weight is 481 g/mol. The van der Waals surface area contributed by atoms with Crippen LogP contribution in [0.25, 0.3) is 0 Å². The van der Waals surface area contributed by atoms with Gasteiger partial charge in [0.05, 0.1) is 12.2 Å². The molecule has 0 bridgehead atoms. The number of esters is 1. The normalized spacial score (nSPS) is 11.3. The number of carbonyl (C=O) groups is 2. The minimum absolute atomic E-state index is 0.155. The molecule has 2 aromatic rings. The second-order valence-corrected chi connectivity index (χ2v) is 9.04. The summed E-state index contributed by atoms with van der Waals surface area (Å²) in [6.07, 6.45) is 0. The predicted molar refractivity (Wildman–Crippen MR) is 121 cm³/mol. The summed E-state index contributed by atoms with van der Waals surface area (Å²) in [5.74, 6) is -1.61. The molecule has 0 unspecified atom stereocenters. The Kier molecular flexibility index (Phi) is 9.36. The van der Waals surface area contributed by atoms with Crippen molar-refractivity contribution in [3.63, 3.8) is 0 Å². The molecule has 10 heteroatoms. The molecule has 0 heterocycles. The quantitative estimate of drug-likeness (QED) is 0.459. The van der Waals surface area contributed by atoms with Crippen LogP contribution in [-0.2, 0) is 26.1 Å². The van der Waals surface area contributed by atoms with Gasteiger partial charge in [-0.15, -0.1) is 0 Å². The number of likely N-dealkylation sites (N-methyl/N-ethyl adjacent to an activating group) is 1. The molecule has 180 valence electrons. The second-order valence-electron chi connectivity index (χ2n) is 7.14. The van der Waals surface area contributed by atoms with Gasteiger partial charge < -0.3 is 14.4 Å². The van der Waals surface area contributed by atoms with Crippen LogP contribution in [0.1, 0.15) is 36.7 Å². The summed E-state index contributed by atoms with van der Waals surface area (Å²) in [6.45, 7) is 5.77. The number of nitrogens with zero attached hydrogens (tertiary/aromatic N) is 2. The van der Waals surface area contributed by atoms with Crippen molar-refractivity contribution < 1.29 is 31.9 Å². The van der Waals surface area contributed by atoms with Crippen LogP contribution < -0.4 is 4.74 Å². The van der Waals surface area contributed by atoms with Crippen molar-refractivity contribution >= 4 is 21.9 Å². The highest BCUT2D eigenvalue weighted by Gasteiger charge is 2.27. The van der Waals surface area contributed by atoms with Gasteiger partial charge in [0.2, 0.25) is 10.0 Å². The summed E-state index contributed by atoms with van der Waals surface area (Å²) in [6, 6.07) is 10.2. The number of ether oxygens (including phenoxy) is 2. The van der Waals surface area contributed by atoms with Gasteiger partial charge in [-0.2, -0.15) is 4.31 Å². The summed E-state index contributed by atoms with van der Waals surface area (Å²) in [7, 11) is -2.54. The molecule has 0 aliphatic heterocycles. The van der Waals surface area contributed by atoms with Crippen LogP contribution in [-0.4, -0.2) is 62.9 Å². The third-order valence-electron chi connectivity index (χ3n) is 4.90. The number of amides is 1. The van der Waals surface area contributed by atoms with Gasteiger partial charge in [-0.05, 0) is 42.8 Å². The molecule has 1 amide bonds. The van der Waals surface area contributed by atoms with Crippen LogP contribution in [0.2, 0.25) is 0 Å².